The number of imide groups is 1. The van der Waals surface area contributed by atoms with Crippen molar-refractivity contribution in [3.8, 4) is 17.1 Å². The van der Waals surface area contributed by atoms with Gasteiger partial charge in [-0.1, -0.05) is 37.1 Å². The molecule has 1 unspecified atom stereocenters. The fourth-order valence-corrected chi connectivity index (χ4v) is 10.2. The van der Waals surface area contributed by atoms with Crippen LogP contribution >= 0.6 is 0 Å². The van der Waals surface area contributed by atoms with Crippen molar-refractivity contribution in [3.05, 3.63) is 119 Å². The number of anilines is 2. The predicted molar refractivity (Wildman–Crippen MR) is 307 cm³/mol. The minimum atomic E-state index is -0.725. The summed E-state index contributed by atoms with van der Waals surface area (Å²) in [7, 11) is 0. The van der Waals surface area contributed by atoms with Gasteiger partial charge in [0.05, 0.1) is 39.1 Å². The maximum atomic E-state index is 13.8. The number of nitrogens with one attached hydrogen (secondary N) is 5. The first-order chi connectivity index (χ1) is 39.6. The van der Waals surface area contributed by atoms with E-state index in [0.717, 1.165) is 61.1 Å². The molecule has 3 aromatic carbocycles. The topological polar surface area (TPSA) is 258 Å². The number of benzene rings is 3. The van der Waals surface area contributed by atoms with Gasteiger partial charge in [0.25, 0.3) is 11.8 Å². The Hall–Kier alpha value is -7.75. The number of carbonyl (C=O) groups excluding carboxylic acids is 6. The number of hydrogen-bond acceptors (Lipinski definition) is 15. The molecule has 0 bridgehead atoms. The Kier molecular flexibility index (Phi) is 21.6. The van der Waals surface area contributed by atoms with Crippen LogP contribution in [-0.2, 0) is 45.4 Å². The van der Waals surface area contributed by atoms with Gasteiger partial charge in [-0.2, -0.15) is 0 Å². The highest BCUT2D eigenvalue weighted by Gasteiger charge is 2.42. The van der Waals surface area contributed by atoms with Gasteiger partial charge in [-0.25, -0.2) is 4.79 Å². The van der Waals surface area contributed by atoms with Gasteiger partial charge in [0, 0.05) is 91.7 Å². The van der Waals surface area contributed by atoms with Gasteiger partial charge in [0.1, 0.15) is 22.9 Å². The van der Waals surface area contributed by atoms with Gasteiger partial charge in [-0.05, 0) is 139 Å². The number of amides is 6. The minimum Gasteiger partial charge on any atom is -0.494 e. The molecule has 8 rings (SSSR count). The summed E-state index contributed by atoms with van der Waals surface area (Å²) in [4.78, 5) is 87.4. The van der Waals surface area contributed by atoms with E-state index in [0.29, 0.717) is 119 Å². The van der Waals surface area contributed by atoms with Crippen molar-refractivity contribution in [3.63, 3.8) is 0 Å². The molecule has 21 nitrogen and oxygen atoms in total. The van der Waals surface area contributed by atoms with Gasteiger partial charge in [-0.15, -0.1) is 10.2 Å². The van der Waals surface area contributed by atoms with Crippen LogP contribution in [0.3, 0.4) is 0 Å². The van der Waals surface area contributed by atoms with Crippen LogP contribution < -0.4 is 26.0 Å². The second-order valence-corrected chi connectivity index (χ2v) is 22.0. The van der Waals surface area contributed by atoms with Crippen molar-refractivity contribution in [2.24, 2.45) is 0 Å². The third kappa shape index (κ3) is 17.1. The number of H-pyrrole nitrogens is 1. The molecule has 21 heteroatoms. The number of aromatic nitrogens is 4. The van der Waals surface area contributed by atoms with Crippen molar-refractivity contribution in [2.45, 2.75) is 135 Å². The van der Waals surface area contributed by atoms with Gasteiger partial charge in [-0.3, -0.25) is 34.3 Å². The minimum absolute atomic E-state index is 0.141. The van der Waals surface area contributed by atoms with Crippen molar-refractivity contribution >= 4 is 47.0 Å². The first kappa shape index (κ1) is 60.3. The zero-order chi connectivity index (χ0) is 57.9. The normalized spacial score (nSPS) is 16.3. The third-order valence-corrected chi connectivity index (χ3v) is 14.6. The molecule has 5 aromatic rings. The second kappa shape index (κ2) is 29.3. The Morgan fingerprint density at radius 1 is 0.780 bits per heavy atom. The number of unbranched alkanes of at least 4 members (excludes halogenated alkanes) is 5. The Morgan fingerprint density at radius 3 is 2.18 bits per heavy atom. The van der Waals surface area contributed by atoms with E-state index >= 15 is 0 Å². The molecule has 3 aliphatic rings. The number of pyridine rings is 1. The summed E-state index contributed by atoms with van der Waals surface area (Å²) >= 11 is 0. The number of rotatable bonds is 29. The number of hydrogen-bond donors (Lipinski definition) is 5. The molecule has 3 aliphatic heterocycles. The van der Waals surface area contributed by atoms with E-state index in [-0.39, 0.29) is 55.2 Å². The Labute approximate surface area is 479 Å². The maximum absolute atomic E-state index is 13.8. The lowest BCUT2D eigenvalue weighted by atomic mass is 9.86. The Morgan fingerprint density at radius 2 is 1.46 bits per heavy atom. The number of ether oxygens (including phenoxy) is 5. The quantitative estimate of drug-likeness (QED) is 0.0222. The number of nitrogens with zero attached hydrogens (tertiary/aromatic N) is 5. The lowest BCUT2D eigenvalue weighted by Crippen LogP contribution is -2.52. The van der Waals surface area contributed by atoms with Gasteiger partial charge in [0.2, 0.25) is 17.7 Å². The number of carbonyl (C=O) groups is 6. The molecule has 2 aromatic heterocycles. The maximum Gasteiger partial charge on any atom is 0.410 e. The van der Waals surface area contributed by atoms with Crippen LogP contribution in [0.5, 0.6) is 5.75 Å². The number of fused-ring (bicyclic) bond motifs is 1. The summed E-state index contributed by atoms with van der Waals surface area (Å²) in [6.45, 7) is 12.3. The average molecular weight is 1130 g/mol. The predicted octanol–water partition coefficient (Wildman–Crippen LogP) is 8.65. The van der Waals surface area contributed by atoms with Crippen LogP contribution in [0.1, 0.15) is 148 Å². The van der Waals surface area contributed by atoms with Gasteiger partial charge in [0.15, 0.2) is 11.6 Å². The van der Waals surface area contributed by atoms with Gasteiger partial charge >= 0.3 is 6.09 Å². The highest BCUT2D eigenvalue weighted by atomic mass is 16.6. The summed E-state index contributed by atoms with van der Waals surface area (Å²) in [6.07, 6.45) is 11.1. The molecule has 5 N–H and O–H groups in total. The van der Waals surface area contributed by atoms with Crippen molar-refractivity contribution in [1.82, 2.24) is 40.6 Å². The zero-order valence-corrected chi connectivity index (χ0v) is 47.6. The van der Waals surface area contributed by atoms with E-state index in [9.17, 15) is 28.8 Å². The van der Waals surface area contributed by atoms with E-state index < -0.39 is 23.1 Å². The largest absolute Gasteiger partial charge is 0.494 e. The molecule has 5 heterocycles. The fourth-order valence-electron chi connectivity index (χ4n) is 10.2. The first-order valence-electron chi connectivity index (χ1n) is 28.7. The zero-order valence-electron chi connectivity index (χ0n) is 47.6. The van der Waals surface area contributed by atoms with Crippen LogP contribution in [0.4, 0.5) is 16.2 Å². The molecule has 0 saturated carbocycles. The van der Waals surface area contributed by atoms with Crippen LogP contribution in [0.2, 0.25) is 0 Å². The summed E-state index contributed by atoms with van der Waals surface area (Å²) < 4.78 is 28.9. The smallest absolute Gasteiger partial charge is 0.410 e. The summed E-state index contributed by atoms with van der Waals surface area (Å²) in [5.41, 5.74) is 3.35. The highest BCUT2D eigenvalue weighted by molar-refractivity contribution is 6.07. The van der Waals surface area contributed by atoms with Crippen molar-refractivity contribution in [2.75, 3.05) is 70.0 Å². The van der Waals surface area contributed by atoms with E-state index in [4.69, 9.17) is 23.7 Å². The molecule has 0 radical (unpaired) electrons. The van der Waals surface area contributed by atoms with Crippen LogP contribution in [0, 0.1) is 0 Å². The molecule has 0 aliphatic carbocycles. The molecule has 2 saturated heterocycles. The van der Waals surface area contributed by atoms with E-state index in [2.05, 4.69) is 41.4 Å². The third-order valence-electron chi connectivity index (χ3n) is 14.6. The number of piperidine rings is 2. The number of likely N-dealkylation sites (tertiary alicyclic amines) is 1. The fraction of sp³-hybridized carbons (Fsp3) is 0.492. The molecule has 0 spiro atoms. The van der Waals surface area contributed by atoms with E-state index in [1.54, 1.807) is 41.6 Å². The summed E-state index contributed by atoms with van der Waals surface area (Å²) in [6, 6.07) is 23.1. The van der Waals surface area contributed by atoms with E-state index in [1.807, 2.05) is 82.3 Å². The van der Waals surface area contributed by atoms with E-state index in [1.165, 1.54) is 4.90 Å². The molecule has 2 fully saturated rings. The Balaban J connectivity index is 0.650. The molecular weight excluding hydrogens is 1050 g/mol. The molecule has 2 atom stereocenters. The van der Waals surface area contributed by atoms with Crippen molar-refractivity contribution in [1.29, 1.82) is 0 Å². The molecular formula is C61H78N10O11. The average Bonchev–Trinajstić information content (AvgIpc) is 3.77. The lowest BCUT2D eigenvalue weighted by Gasteiger charge is -2.41. The second-order valence-electron chi connectivity index (χ2n) is 22.0. The SMILES string of the molecule is C[C@@H](NC(=O)c1cccc(NC2(c3nnc(-c4ccncc4)[nH]3)CCN(C(=O)OC(C)(C)C)CC2)c1)c1cccc(OCCCCCCOCCOCCOCCCCCC(=O)Nc2cccc3c2CN(C2CCC(=O)NC2=O)C3=O)c1. The molecule has 82 heavy (non-hydrogen) atoms. The molecule has 438 valence electrons. The van der Waals surface area contributed by atoms with Crippen LogP contribution in [-0.4, -0.2) is 137 Å². The standard InChI is InChI=1S/C61H78N10O11/c1-42(63-55(74)45-16-12-17-46(39-45)67-61(26-30-70(31-27-61)59(77)82-60(2,3)4)58-66-54(68-69-58)43-24-28-62-29-25-43)44-15-13-18-47(40-44)81-34-11-6-5-9-32-78-35-37-80-38-36-79-33-10-7-8-21-52(72)64-50-20-14-19-48-49(50)41-71(57(48)76)51-22-23-53(73)65-56(51)75/h12-20,24-25,28-29,39-40,42,51,67H,5-11,21-23,26-27,30-38,41H2,1-4H3,(H,63,74)(H,64,72)(H,65,73,75)(H,66,68,69)/t42-,51?/m1/s1. The Bertz CT molecular complexity index is 2960. The first-order valence-corrected chi connectivity index (χ1v) is 28.7. The summed E-state index contributed by atoms with van der Waals surface area (Å²) in [5.74, 6) is 0.535. The van der Waals surface area contributed by atoms with Gasteiger partial charge < -0.3 is 54.4 Å². The number of aromatic amines is 1. The monoisotopic (exact) mass is 1130 g/mol. The summed E-state index contributed by atoms with van der Waals surface area (Å²) in [5, 5.41) is 21.1. The van der Waals surface area contributed by atoms with Crippen LogP contribution in [0.15, 0.2) is 91.3 Å². The lowest BCUT2D eigenvalue weighted by molar-refractivity contribution is -0.137. The van der Waals surface area contributed by atoms with Crippen LogP contribution in [0.25, 0.3) is 11.4 Å². The highest BCUT2D eigenvalue weighted by Crippen LogP contribution is 2.37. The van der Waals surface area contributed by atoms with Crippen molar-refractivity contribution < 1.29 is 52.5 Å². The molecule has 6 amide bonds.